The summed E-state index contributed by atoms with van der Waals surface area (Å²) in [7, 11) is 0. The summed E-state index contributed by atoms with van der Waals surface area (Å²) in [5.74, 6) is -0.269. The van der Waals surface area contributed by atoms with E-state index in [4.69, 9.17) is 4.74 Å². The predicted octanol–water partition coefficient (Wildman–Crippen LogP) is 2.75. The van der Waals surface area contributed by atoms with E-state index < -0.39 is 0 Å². The monoisotopic (exact) mass is 322 g/mol. The van der Waals surface area contributed by atoms with Crippen LogP contribution >= 0.6 is 11.8 Å². The molecule has 2 rings (SSSR count). The highest BCUT2D eigenvalue weighted by molar-refractivity contribution is 7.98. The van der Waals surface area contributed by atoms with Gasteiger partial charge in [-0.25, -0.2) is 4.98 Å². The van der Waals surface area contributed by atoms with Crippen molar-refractivity contribution in [1.29, 1.82) is 0 Å². The minimum Gasteiger partial charge on any atom is -0.466 e. The Morgan fingerprint density at radius 2 is 2.27 bits per heavy atom. The molecule has 1 unspecified atom stereocenters. The van der Waals surface area contributed by atoms with Crippen molar-refractivity contribution in [2.24, 2.45) is 0 Å². The van der Waals surface area contributed by atoms with Crippen LogP contribution in [0.15, 0.2) is 23.4 Å². The Morgan fingerprint density at radius 3 is 3.00 bits per heavy atom. The number of esters is 1. The fourth-order valence-electron chi connectivity index (χ4n) is 2.76. The van der Waals surface area contributed by atoms with E-state index in [-0.39, 0.29) is 24.3 Å². The fraction of sp³-hybridized carbons (Fsp3) is 0.562. The van der Waals surface area contributed by atoms with Crippen LogP contribution in [0.2, 0.25) is 0 Å². The lowest BCUT2D eigenvalue weighted by molar-refractivity contribution is -0.144. The van der Waals surface area contributed by atoms with Gasteiger partial charge in [-0.1, -0.05) is 0 Å². The van der Waals surface area contributed by atoms with E-state index in [1.54, 1.807) is 25.3 Å². The Hall–Kier alpha value is -1.56. The van der Waals surface area contributed by atoms with Crippen molar-refractivity contribution in [2.75, 3.05) is 19.4 Å². The summed E-state index contributed by atoms with van der Waals surface area (Å²) >= 11 is 1.46. The van der Waals surface area contributed by atoms with Crippen LogP contribution in [0.4, 0.5) is 0 Å². The summed E-state index contributed by atoms with van der Waals surface area (Å²) < 4.78 is 5.03. The van der Waals surface area contributed by atoms with Gasteiger partial charge in [0.15, 0.2) is 0 Å². The highest BCUT2D eigenvalue weighted by Crippen LogP contribution is 2.25. The quantitative estimate of drug-likeness (QED) is 0.616. The molecule has 2 heterocycles. The Labute approximate surface area is 135 Å². The second kappa shape index (κ2) is 8.17. The maximum Gasteiger partial charge on any atom is 0.307 e. The molecule has 1 aliphatic rings. The van der Waals surface area contributed by atoms with Gasteiger partial charge in [0.2, 0.25) is 0 Å². The van der Waals surface area contributed by atoms with Gasteiger partial charge in [0.1, 0.15) is 5.03 Å². The lowest BCUT2D eigenvalue weighted by atomic mass is 9.98. The molecule has 0 radical (unpaired) electrons. The number of rotatable bonds is 5. The molecule has 5 nitrogen and oxygen atoms in total. The van der Waals surface area contributed by atoms with Crippen LogP contribution in [0.5, 0.6) is 0 Å². The molecular weight excluding hydrogens is 300 g/mol. The van der Waals surface area contributed by atoms with Gasteiger partial charge in [-0.3, -0.25) is 9.59 Å². The SMILES string of the molecule is CCOC(=O)CC1CCCCN1C(=O)c1cccnc1SC. The van der Waals surface area contributed by atoms with Crippen LogP contribution in [-0.4, -0.2) is 47.2 Å². The molecule has 0 aliphatic carbocycles. The van der Waals surface area contributed by atoms with Crippen LogP contribution in [-0.2, 0) is 9.53 Å². The Balaban J connectivity index is 2.16. The number of nitrogens with zero attached hydrogens (tertiary/aromatic N) is 2. The molecule has 1 fully saturated rings. The first kappa shape index (κ1) is 16.8. The van der Waals surface area contributed by atoms with Crippen LogP contribution in [0, 0.1) is 0 Å². The van der Waals surface area contributed by atoms with Gasteiger partial charge in [0.05, 0.1) is 18.6 Å². The molecule has 1 saturated heterocycles. The van der Waals surface area contributed by atoms with Crippen molar-refractivity contribution in [2.45, 2.75) is 43.7 Å². The second-order valence-electron chi connectivity index (χ2n) is 5.22. The molecule has 1 amide bonds. The molecule has 0 saturated carbocycles. The number of piperidine rings is 1. The van der Waals surface area contributed by atoms with Crippen molar-refractivity contribution >= 4 is 23.6 Å². The number of thioether (sulfide) groups is 1. The van der Waals surface area contributed by atoms with Crippen LogP contribution in [0.3, 0.4) is 0 Å². The van der Waals surface area contributed by atoms with Crippen molar-refractivity contribution < 1.29 is 14.3 Å². The zero-order chi connectivity index (χ0) is 15.9. The zero-order valence-corrected chi connectivity index (χ0v) is 13.9. The Kier molecular flexibility index (Phi) is 6.24. The fourth-order valence-corrected chi connectivity index (χ4v) is 3.30. The Bertz CT molecular complexity index is 536. The second-order valence-corrected chi connectivity index (χ2v) is 6.01. The highest BCUT2D eigenvalue weighted by Gasteiger charge is 2.30. The Morgan fingerprint density at radius 1 is 1.45 bits per heavy atom. The van der Waals surface area contributed by atoms with E-state index in [0.717, 1.165) is 24.3 Å². The third-order valence-corrected chi connectivity index (χ3v) is 4.50. The number of ether oxygens (including phenoxy) is 1. The zero-order valence-electron chi connectivity index (χ0n) is 13.1. The highest BCUT2D eigenvalue weighted by atomic mass is 32.2. The van der Waals surface area contributed by atoms with E-state index in [1.165, 1.54) is 11.8 Å². The summed E-state index contributed by atoms with van der Waals surface area (Å²) in [4.78, 5) is 30.7. The first-order valence-electron chi connectivity index (χ1n) is 7.63. The number of pyridine rings is 1. The number of carbonyl (C=O) groups is 2. The van der Waals surface area contributed by atoms with E-state index in [1.807, 2.05) is 11.2 Å². The minimum absolute atomic E-state index is 0.0357. The van der Waals surface area contributed by atoms with Gasteiger partial charge in [0, 0.05) is 18.8 Å². The first-order valence-corrected chi connectivity index (χ1v) is 8.85. The van der Waals surface area contributed by atoms with Crippen molar-refractivity contribution in [1.82, 2.24) is 9.88 Å². The number of amides is 1. The van der Waals surface area contributed by atoms with E-state index in [0.29, 0.717) is 18.7 Å². The molecule has 1 aromatic heterocycles. The van der Waals surface area contributed by atoms with E-state index in [2.05, 4.69) is 4.98 Å². The van der Waals surface area contributed by atoms with E-state index >= 15 is 0 Å². The number of hydrogen-bond donors (Lipinski definition) is 0. The average Bonchev–Trinajstić information content (AvgIpc) is 2.55. The maximum atomic E-state index is 12.8. The molecule has 6 heteroatoms. The van der Waals surface area contributed by atoms with Crippen LogP contribution < -0.4 is 0 Å². The summed E-state index contributed by atoms with van der Waals surface area (Å²) in [5.41, 5.74) is 0.616. The average molecular weight is 322 g/mol. The minimum atomic E-state index is -0.233. The lowest BCUT2D eigenvalue weighted by Crippen LogP contribution is -2.45. The van der Waals surface area contributed by atoms with Gasteiger partial charge in [-0.05, 0) is 44.6 Å². The molecule has 0 spiro atoms. The van der Waals surface area contributed by atoms with Crippen molar-refractivity contribution in [3.63, 3.8) is 0 Å². The molecule has 1 aliphatic heterocycles. The molecule has 0 aromatic carbocycles. The summed E-state index contributed by atoms with van der Waals surface area (Å²) in [5, 5.41) is 0.730. The third kappa shape index (κ3) is 4.00. The largest absolute Gasteiger partial charge is 0.466 e. The van der Waals surface area contributed by atoms with Gasteiger partial charge in [0.25, 0.3) is 5.91 Å². The number of hydrogen-bond acceptors (Lipinski definition) is 5. The van der Waals surface area contributed by atoms with E-state index in [9.17, 15) is 9.59 Å². The third-order valence-electron chi connectivity index (χ3n) is 3.79. The molecule has 0 N–H and O–H groups in total. The van der Waals surface area contributed by atoms with Gasteiger partial charge < -0.3 is 9.64 Å². The number of likely N-dealkylation sites (tertiary alicyclic amines) is 1. The van der Waals surface area contributed by atoms with Gasteiger partial charge in [-0.15, -0.1) is 11.8 Å². The summed E-state index contributed by atoms with van der Waals surface area (Å²) in [6, 6.07) is 3.50. The van der Waals surface area contributed by atoms with Gasteiger partial charge >= 0.3 is 5.97 Å². The molecule has 1 aromatic rings. The normalized spacial score (nSPS) is 18.1. The van der Waals surface area contributed by atoms with Crippen LogP contribution in [0.25, 0.3) is 0 Å². The molecule has 22 heavy (non-hydrogen) atoms. The first-order chi connectivity index (χ1) is 10.7. The summed E-state index contributed by atoms with van der Waals surface area (Å²) in [6.45, 7) is 2.85. The molecule has 0 bridgehead atoms. The smallest absolute Gasteiger partial charge is 0.307 e. The maximum absolute atomic E-state index is 12.8. The van der Waals surface area contributed by atoms with Crippen LogP contribution in [0.1, 0.15) is 43.0 Å². The molecular formula is C16H22N2O3S. The topological polar surface area (TPSA) is 59.5 Å². The molecule has 120 valence electrons. The predicted molar refractivity (Wildman–Crippen MR) is 85.9 cm³/mol. The summed E-state index contributed by atoms with van der Waals surface area (Å²) in [6.07, 6.45) is 6.73. The number of carbonyl (C=O) groups excluding carboxylic acids is 2. The number of aromatic nitrogens is 1. The van der Waals surface area contributed by atoms with Gasteiger partial charge in [-0.2, -0.15) is 0 Å². The lowest BCUT2D eigenvalue weighted by Gasteiger charge is -2.35. The standard InChI is InChI=1S/C16H22N2O3S/c1-3-21-14(19)11-12-7-4-5-10-18(12)16(20)13-8-6-9-17-15(13)22-2/h6,8-9,12H,3-5,7,10-11H2,1-2H3. The molecule has 1 atom stereocenters. The van der Waals surface area contributed by atoms with Crippen molar-refractivity contribution in [3.8, 4) is 0 Å². The van der Waals surface area contributed by atoms with Crippen molar-refractivity contribution in [3.05, 3.63) is 23.9 Å².